The van der Waals surface area contributed by atoms with E-state index in [1.165, 1.54) is 5.56 Å². The van der Waals surface area contributed by atoms with Crippen LogP contribution in [0.2, 0.25) is 0 Å². The minimum Gasteiger partial charge on any atom is -0.436 e. The molecule has 0 atom stereocenters. The third kappa shape index (κ3) is 3.80. The number of para-hydroxylation sites is 2. The Morgan fingerprint density at radius 2 is 1.61 bits per heavy atom. The van der Waals surface area contributed by atoms with E-state index in [0.29, 0.717) is 19.1 Å². The Balaban J connectivity index is 1.68. The number of fused-ring (bicyclic) bond motifs is 1. The van der Waals surface area contributed by atoms with Gasteiger partial charge in [0.25, 0.3) is 5.88 Å². The predicted molar refractivity (Wildman–Crippen MR) is 112 cm³/mol. The Morgan fingerprint density at radius 3 is 2.25 bits per heavy atom. The van der Waals surface area contributed by atoms with Crippen molar-refractivity contribution >= 4 is 16.9 Å². The van der Waals surface area contributed by atoms with Gasteiger partial charge in [0.1, 0.15) is 5.75 Å². The Morgan fingerprint density at radius 1 is 0.964 bits per heavy atom. The van der Waals surface area contributed by atoms with E-state index in [2.05, 4.69) is 37.8 Å². The zero-order valence-corrected chi connectivity index (χ0v) is 16.8. The van der Waals surface area contributed by atoms with Gasteiger partial charge >= 0.3 is 0 Å². The van der Waals surface area contributed by atoms with Crippen LogP contribution >= 0.6 is 0 Å². The van der Waals surface area contributed by atoms with Crippen LogP contribution in [0.1, 0.15) is 32.8 Å². The molecule has 28 heavy (non-hydrogen) atoms. The van der Waals surface area contributed by atoms with Crippen molar-refractivity contribution < 1.29 is 9.47 Å². The van der Waals surface area contributed by atoms with Gasteiger partial charge in [-0.15, -0.1) is 0 Å². The SMILES string of the molecule is CCC(C)(C)c1ccc(Oc2nc3ccccc3nc2N2CCOCC2)cc1. The second kappa shape index (κ2) is 7.76. The van der Waals surface area contributed by atoms with E-state index in [1.807, 2.05) is 36.4 Å². The second-order valence-corrected chi connectivity index (χ2v) is 7.80. The zero-order valence-electron chi connectivity index (χ0n) is 16.8. The van der Waals surface area contributed by atoms with E-state index < -0.39 is 0 Å². The van der Waals surface area contributed by atoms with Gasteiger partial charge in [-0.2, -0.15) is 0 Å². The third-order valence-corrected chi connectivity index (χ3v) is 5.57. The summed E-state index contributed by atoms with van der Waals surface area (Å²) in [6.45, 7) is 9.68. The van der Waals surface area contributed by atoms with Gasteiger partial charge in [-0.3, -0.25) is 0 Å². The van der Waals surface area contributed by atoms with Crippen molar-refractivity contribution in [3.05, 3.63) is 54.1 Å². The van der Waals surface area contributed by atoms with Gasteiger partial charge in [0, 0.05) is 13.1 Å². The molecular weight excluding hydrogens is 350 g/mol. The van der Waals surface area contributed by atoms with Crippen molar-refractivity contribution in [3.8, 4) is 11.6 Å². The van der Waals surface area contributed by atoms with Gasteiger partial charge in [0.15, 0.2) is 5.82 Å². The van der Waals surface area contributed by atoms with Crippen molar-refractivity contribution in [2.45, 2.75) is 32.6 Å². The van der Waals surface area contributed by atoms with E-state index in [4.69, 9.17) is 19.4 Å². The molecule has 0 bridgehead atoms. The molecule has 3 aromatic rings. The minimum atomic E-state index is 0.153. The van der Waals surface area contributed by atoms with Crippen LogP contribution in [0.5, 0.6) is 11.6 Å². The molecule has 0 amide bonds. The fraction of sp³-hybridized carbons (Fsp3) is 0.391. The van der Waals surface area contributed by atoms with Crippen LogP contribution in [0, 0.1) is 0 Å². The third-order valence-electron chi connectivity index (χ3n) is 5.57. The summed E-state index contributed by atoms with van der Waals surface area (Å²) in [5, 5.41) is 0. The van der Waals surface area contributed by atoms with Gasteiger partial charge in [0.05, 0.1) is 24.2 Å². The first-order valence-corrected chi connectivity index (χ1v) is 9.95. The summed E-state index contributed by atoms with van der Waals surface area (Å²) in [5.41, 5.74) is 3.16. The number of benzene rings is 2. The number of rotatable bonds is 5. The summed E-state index contributed by atoms with van der Waals surface area (Å²) < 4.78 is 11.7. The molecule has 0 unspecified atom stereocenters. The maximum atomic E-state index is 6.22. The van der Waals surface area contributed by atoms with Crippen LogP contribution < -0.4 is 9.64 Å². The lowest BCUT2D eigenvalue weighted by atomic mass is 9.82. The van der Waals surface area contributed by atoms with Crippen LogP contribution in [-0.2, 0) is 10.2 Å². The average molecular weight is 377 g/mol. The zero-order chi connectivity index (χ0) is 19.6. The monoisotopic (exact) mass is 377 g/mol. The highest BCUT2D eigenvalue weighted by Crippen LogP contribution is 2.33. The fourth-order valence-electron chi connectivity index (χ4n) is 3.31. The number of ether oxygens (including phenoxy) is 2. The second-order valence-electron chi connectivity index (χ2n) is 7.80. The highest BCUT2D eigenvalue weighted by molar-refractivity contribution is 5.77. The van der Waals surface area contributed by atoms with Crippen molar-refractivity contribution in [1.82, 2.24) is 9.97 Å². The smallest absolute Gasteiger partial charge is 0.263 e. The standard InChI is InChI=1S/C23H27N3O2/c1-4-23(2,3)17-9-11-18(12-10-17)28-22-21(26-13-15-27-16-14-26)24-19-7-5-6-8-20(19)25-22/h5-12H,4,13-16H2,1-3H3. The fourth-order valence-corrected chi connectivity index (χ4v) is 3.31. The summed E-state index contributed by atoms with van der Waals surface area (Å²) in [6.07, 6.45) is 1.09. The van der Waals surface area contributed by atoms with Crippen LogP contribution in [0.3, 0.4) is 0 Å². The van der Waals surface area contributed by atoms with Gasteiger partial charge in [0.2, 0.25) is 0 Å². The molecule has 0 radical (unpaired) electrons. The first kappa shape index (κ1) is 18.7. The molecule has 1 aromatic heterocycles. The lowest BCUT2D eigenvalue weighted by Crippen LogP contribution is -2.37. The maximum Gasteiger partial charge on any atom is 0.263 e. The first-order valence-electron chi connectivity index (χ1n) is 9.95. The molecule has 2 aromatic carbocycles. The Labute approximate surface area is 166 Å². The number of anilines is 1. The Kier molecular flexibility index (Phi) is 5.18. The van der Waals surface area contributed by atoms with Crippen LogP contribution in [0.25, 0.3) is 11.0 Å². The number of hydrogen-bond acceptors (Lipinski definition) is 5. The lowest BCUT2D eigenvalue weighted by Gasteiger charge is -2.28. The van der Waals surface area contributed by atoms with Crippen LogP contribution in [-0.4, -0.2) is 36.3 Å². The van der Waals surface area contributed by atoms with Crippen molar-refractivity contribution in [1.29, 1.82) is 0 Å². The number of hydrogen-bond donors (Lipinski definition) is 0. The van der Waals surface area contributed by atoms with Crippen LogP contribution in [0.4, 0.5) is 5.82 Å². The van der Waals surface area contributed by atoms with E-state index in [9.17, 15) is 0 Å². The maximum absolute atomic E-state index is 6.22. The molecule has 0 spiro atoms. The molecule has 5 nitrogen and oxygen atoms in total. The summed E-state index contributed by atoms with van der Waals surface area (Å²) in [6, 6.07) is 16.2. The quantitative estimate of drug-likeness (QED) is 0.630. The summed E-state index contributed by atoms with van der Waals surface area (Å²) in [4.78, 5) is 11.8. The molecule has 4 rings (SSSR count). The highest BCUT2D eigenvalue weighted by atomic mass is 16.5. The molecule has 0 aliphatic carbocycles. The molecule has 1 aliphatic heterocycles. The van der Waals surface area contributed by atoms with Gasteiger partial charge in [-0.1, -0.05) is 45.0 Å². The molecule has 2 heterocycles. The number of morpholine rings is 1. The summed E-state index contributed by atoms with van der Waals surface area (Å²) in [5.74, 6) is 2.10. The summed E-state index contributed by atoms with van der Waals surface area (Å²) >= 11 is 0. The molecule has 1 fully saturated rings. The van der Waals surface area contributed by atoms with E-state index in [-0.39, 0.29) is 5.41 Å². The highest BCUT2D eigenvalue weighted by Gasteiger charge is 2.21. The molecule has 1 saturated heterocycles. The van der Waals surface area contributed by atoms with Crippen molar-refractivity contribution in [2.24, 2.45) is 0 Å². The topological polar surface area (TPSA) is 47.5 Å². The molecule has 1 aliphatic rings. The molecule has 0 saturated carbocycles. The molecule has 146 valence electrons. The largest absolute Gasteiger partial charge is 0.436 e. The summed E-state index contributed by atoms with van der Waals surface area (Å²) in [7, 11) is 0. The van der Waals surface area contributed by atoms with E-state index >= 15 is 0 Å². The van der Waals surface area contributed by atoms with Crippen molar-refractivity contribution in [3.63, 3.8) is 0 Å². The van der Waals surface area contributed by atoms with E-state index in [1.54, 1.807) is 0 Å². The molecule has 5 heteroatoms. The Bertz CT molecular complexity index is 948. The van der Waals surface area contributed by atoms with E-state index in [0.717, 1.165) is 42.1 Å². The number of nitrogens with zero attached hydrogens (tertiary/aromatic N) is 3. The minimum absolute atomic E-state index is 0.153. The molecule has 0 N–H and O–H groups in total. The molecular formula is C23H27N3O2. The van der Waals surface area contributed by atoms with Crippen LogP contribution in [0.15, 0.2) is 48.5 Å². The van der Waals surface area contributed by atoms with Gasteiger partial charge in [-0.05, 0) is 41.7 Å². The lowest BCUT2D eigenvalue weighted by molar-refractivity contribution is 0.122. The first-order chi connectivity index (χ1) is 13.6. The van der Waals surface area contributed by atoms with Gasteiger partial charge in [-0.25, -0.2) is 9.97 Å². The predicted octanol–water partition coefficient (Wildman–Crippen LogP) is 4.95. The normalized spacial score (nSPS) is 15.0. The Hall–Kier alpha value is -2.66. The number of aromatic nitrogens is 2. The average Bonchev–Trinajstić information content (AvgIpc) is 2.74. The van der Waals surface area contributed by atoms with Gasteiger partial charge < -0.3 is 14.4 Å². The van der Waals surface area contributed by atoms with Crippen molar-refractivity contribution in [2.75, 3.05) is 31.2 Å².